The van der Waals surface area contributed by atoms with Gasteiger partial charge in [0.15, 0.2) is 0 Å². The van der Waals surface area contributed by atoms with Gasteiger partial charge in [0.2, 0.25) is 0 Å². The van der Waals surface area contributed by atoms with Crippen LogP contribution in [0.3, 0.4) is 0 Å². The number of ether oxygens (including phenoxy) is 2. The van der Waals surface area contributed by atoms with Crippen molar-refractivity contribution in [2.45, 2.75) is 0 Å². The van der Waals surface area contributed by atoms with Gasteiger partial charge in [-0.25, -0.2) is 0 Å². The summed E-state index contributed by atoms with van der Waals surface area (Å²) in [6, 6.07) is 9.13. The molecule has 0 saturated carbocycles. The van der Waals surface area contributed by atoms with Crippen molar-refractivity contribution in [1.82, 2.24) is 4.90 Å². The van der Waals surface area contributed by atoms with Gasteiger partial charge in [0.05, 0.1) is 19.8 Å². The smallest absolute Gasteiger partial charge is 0.325 e. The fourth-order valence-electron chi connectivity index (χ4n) is 1.59. The Bertz CT molecular complexity index is 333. The number of hydrogen-bond acceptors (Lipinski definition) is 4. The minimum Gasteiger partial charge on any atom is -0.426 e. The molecule has 0 spiro atoms. The standard InChI is InChI=1S/C12H15NO3/c14-12(10-13-6-8-15-9-7-13)16-11-4-2-1-3-5-11/h1-5H,6-10H2. The highest BCUT2D eigenvalue weighted by Crippen LogP contribution is 2.08. The van der Waals surface area contributed by atoms with Crippen LogP contribution in [0.2, 0.25) is 0 Å². The van der Waals surface area contributed by atoms with Crippen LogP contribution in [0.4, 0.5) is 0 Å². The molecule has 1 aromatic carbocycles. The molecule has 86 valence electrons. The molecule has 1 aromatic rings. The van der Waals surface area contributed by atoms with Gasteiger partial charge in [0.25, 0.3) is 0 Å². The lowest BCUT2D eigenvalue weighted by molar-refractivity contribution is -0.136. The summed E-state index contributed by atoms with van der Waals surface area (Å²) in [7, 11) is 0. The second-order valence-electron chi connectivity index (χ2n) is 3.68. The van der Waals surface area contributed by atoms with Crippen LogP contribution in [0.25, 0.3) is 0 Å². The predicted molar refractivity (Wildman–Crippen MR) is 59.3 cm³/mol. The maximum absolute atomic E-state index is 11.6. The SMILES string of the molecule is O=C(CN1CCOCC1)Oc1ccccc1. The second-order valence-corrected chi connectivity index (χ2v) is 3.68. The van der Waals surface area contributed by atoms with Crippen molar-refractivity contribution < 1.29 is 14.3 Å². The maximum atomic E-state index is 11.6. The molecule has 0 bridgehead atoms. The Morgan fingerprint density at radius 1 is 1.25 bits per heavy atom. The average molecular weight is 221 g/mol. The largest absolute Gasteiger partial charge is 0.426 e. The van der Waals surface area contributed by atoms with Gasteiger partial charge in [-0.1, -0.05) is 18.2 Å². The molecule has 1 heterocycles. The fourth-order valence-corrected chi connectivity index (χ4v) is 1.59. The quantitative estimate of drug-likeness (QED) is 0.562. The number of benzene rings is 1. The maximum Gasteiger partial charge on any atom is 0.325 e. The van der Waals surface area contributed by atoms with E-state index in [2.05, 4.69) is 0 Å². The van der Waals surface area contributed by atoms with Crippen LogP contribution in [-0.2, 0) is 9.53 Å². The van der Waals surface area contributed by atoms with Gasteiger partial charge in [0.1, 0.15) is 5.75 Å². The van der Waals surface area contributed by atoms with E-state index in [1.54, 1.807) is 12.1 Å². The van der Waals surface area contributed by atoms with Crippen LogP contribution < -0.4 is 4.74 Å². The molecule has 0 atom stereocenters. The molecule has 0 aliphatic carbocycles. The monoisotopic (exact) mass is 221 g/mol. The summed E-state index contributed by atoms with van der Waals surface area (Å²) in [6.07, 6.45) is 0. The van der Waals surface area contributed by atoms with Crippen LogP contribution in [0.1, 0.15) is 0 Å². The molecule has 0 amide bonds. The third-order valence-corrected chi connectivity index (χ3v) is 2.43. The van der Waals surface area contributed by atoms with Gasteiger partial charge in [0, 0.05) is 13.1 Å². The molecule has 1 fully saturated rings. The lowest BCUT2D eigenvalue weighted by Crippen LogP contribution is -2.40. The van der Waals surface area contributed by atoms with E-state index in [9.17, 15) is 4.79 Å². The first kappa shape index (κ1) is 11.1. The topological polar surface area (TPSA) is 38.8 Å². The molecule has 0 unspecified atom stereocenters. The highest BCUT2D eigenvalue weighted by molar-refractivity contribution is 5.74. The number of esters is 1. The Kier molecular flexibility index (Phi) is 3.91. The molecule has 0 radical (unpaired) electrons. The van der Waals surface area contributed by atoms with Crippen LogP contribution in [0.15, 0.2) is 30.3 Å². The zero-order valence-electron chi connectivity index (χ0n) is 9.09. The summed E-state index contributed by atoms with van der Waals surface area (Å²) in [4.78, 5) is 13.6. The third kappa shape index (κ3) is 3.32. The number of nitrogens with zero attached hydrogens (tertiary/aromatic N) is 1. The van der Waals surface area contributed by atoms with E-state index in [4.69, 9.17) is 9.47 Å². The first-order valence-electron chi connectivity index (χ1n) is 5.40. The summed E-state index contributed by atoms with van der Waals surface area (Å²) in [5.74, 6) is 0.383. The minimum absolute atomic E-state index is 0.215. The van der Waals surface area contributed by atoms with Gasteiger partial charge in [-0.2, -0.15) is 0 Å². The molecule has 1 aliphatic rings. The number of carbonyl (C=O) groups is 1. The number of morpholine rings is 1. The molecule has 4 heteroatoms. The van der Waals surface area contributed by atoms with E-state index in [0.29, 0.717) is 25.5 Å². The first-order chi connectivity index (χ1) is 7.84. The number of carbonyl (C=O) groups excluding carboxylic acids is 1. The number of para-hydroxylation sites is 1. The van der Waals surface area contributed by atoms with Crippen molar-refractivity contribution in [1.29, 1.82) is 0 Å². The molecule has 1 aliphatic heterocycles. The van der Waals surface area contributed by atoms with Crippen molar-refractivity contribution in [3.63, 3.8) is 0 Å². The number of rotatable bonds is 3. The van der Waals surface area contributed by atoms with Crippen molar-refractivity contribution in [3.8, 4) is 5.75 Å². The minimum atomic E-state index is -0.215. The van der Waals surface area contributed by atoms with Gasteiger partial charge < -0.3 is 9.47 Å². The van der Waals surface area contributed by atoms with Gasteiger partial charge in [-0.3, -0.25) is 9.69 Å². The molecule has 0 N–H and O–H groups in total. The average Bonchev–Trinajstić information content (AvgIpc) is 2.31. The summed E-state index contributed by atoms with van der Waals surface area (Å²) in [5, 5.41) is 0. The molecule has 2 rings (SSSR count). The van der Waals surface area contributed by atoms with Crippen molar-refractivity contribution in [3.05, 3.63) is 30.3 Å². The van der Waals surface area contributed by atoms with Crippen LogP contribution in [-0.4, -0.2) is 43.7 Å². The Labute approximate surface area is 94.8 Å². The summed E-state index contributed by atoms with van der Waals surface area (Å²) < 4.78 is 10.4. The molecule has 0 aromatic heterocycles. The Hall–Kier alpha value is -1.39. The zero-order valence-corrected chi connectivity index (χ0v) is 9.09. The van der Waals surface area contributed by atoms with E-state index in [-0.39, 0.29) is 5.97 Å². The summed E-state index contributed by atoms with van der Waals surface area (Å²) >= 11 is 0. The van der Waals surface area contributed by atoms with Crippen LogP contribution in [0.5, 0.6) is 5.75 Å². The Morgan fingerprint density at radius 2 is 1.94 bits per heavy atom. The van der Waals surface area contributed by atoms with Crippen molar-refractivity contribution in [2.24, 2.45) is 0 Å². The van der Waals surface area contributed by atoms with Gasteiger partial charge >= 0.3 is 5.97 Å². The molecular formula is C12H15NO3. The highest BCUT2D eigenvalue weighted by atomic mass is 16.5. The fraction of sp³-hybridized carbons (Fsp3) is 0.417. The predicted octanol–water partition coefficient (Wildman–Crippen LogP) is 0.924. The molecule has 1 saturated heterocycles. The Morgan fingerprint density at radius 3 is 2.62 bits per heavy atom. The van der Waals surface area contributed by atoms with E-state index in [1.165, 1.54) is 0 Å². The Balaban J connectivity index is 1.80. The normalized spacial score (nSPS) is 17.0. The summed E-state index contributed by atoms with van der Waals surface area (Å²) in [6.45, 7) is 3.31. The molecule has 16 heavy (non-hydrogen) atoms. The zero-order chi connectivity index (χ0) is 11.2. The van der Waals surface area contributed by atoms with Gasteiger partial charge in [-0.05, 0) is 12.1 Å². The van der Waals surface area contributed by atoms with Crippen LogP contribution >= 0.6 is 0 Å². The van der Waals surface area contributed by atoms with E-state index < -0.39 is 0 Å². The lowest BCUT2D eigenvalue weighted by atomic mass is 10.3. The highest BCUT2D eigenvalue weighted by Gasteiger charge is 2.15. The van der Waals surface area contributed by atoms with E-state index in [1.807, 2.05) is 23.1 Å². The van der Waals surface area contributed by atoms with Crippen molar-refractivity contribution in [2.75, 3.05) is 32.8 Å². The van der Waals surface area contributed by atoms with E-state index >= 15 is 0 Å². The third-order valence-electron chi connectivity index (χ3n) is 2.43. The molecule has 4 nitrogen and oxygen atoms in total. The molecular weight excluding hydrogens is 206 g/mol. The summed E-state index contributed by atoms with van der Waals surface area (Å²) in [5.41, 5.74) is 0. The number of hydrogen-bond donors (Lipinski definition) is 0. The van der Waals surface area contributed by atoms with E-state index in [0.717, 1.165) is 13.1 Å². The van der Waals surface area contributed by atoms with Gasteiger partial charge in [-0.15, -0.1) is 0 Å². The second kappa shape index (κ2) is 5.63. The first-order valence-corrected chi connectivity index (χ1v) is 5.40. The van der Waals surface area contributed by atoms with Crippen LogP contribution in [0, 0.1) is 0 Å². The van der Waals surface area contributed by atoms with Crippen molar-refractivity contribution >= 4 is 5.97 Å². The lowest BCUT2D eigenvalue weighted by Gasteiger charge is -2.25.